The molecule has 116 valence electrons. The molecule has 0 saturated heterocycles. The number of carbonyl (C=O) groups is 1. The minimum absolute atomic E-state index is 0.0858. The Hall–Kier alpha value is -2.59. The van der Waals surface area contributed by atoms with Gasteiger partial charge in [0.25, 0.3) is 0 Å². The SMILES string of the molecule is O=C(C[C@H](c1ccc(Cl)cc1)n1cccc1)Nc1ccccn1. The van der Waals surface area contributed by atoms with Gasteiger partial charge in [-0.25, -0.2) is 4.98 Å². The fraction of sp³-hybridized carbons (Fsp3) is 0.111. The van der Waals surface area contributed by atoms with Gasteiger partial charge in [-0.15, -0.1) is 0 Å². The van der Waals surface area contributed by atoms with Crippen molar-refractivity contribution in [3.8, 4) is 0 Å². The number of pyridine rings is 1. The first-order valence-corrected chi connectivity index (χ1v) is 7.69. The number of hydrogen-bond donors (Lipinski definition) is 1. The third-order valence-electron chi connectivity index (χ3n) is 3.55. The van der Waals surface area contributed by atoms with Gasteiger partial charge in [0.05, 0.1) is 12.5 Å². The van der Waals surface area contributed by atoms with Crippen LogP contribution in [0.2, 0.25) is 5.02 Å². The molecule has 1 N–H and O–H groups in total. The van der Waals surface area contributed by atoms with Crippen LogP contribution in [0, 0.1) is 0 Å². The maximum absolute atomic E-state index is 12.4. The largest absolute Gasteiger partial charge is 0.346 e. The summed E-state index contributed by atoms with van der Waals surface area (Å²) in [5, 5.41) is 3.50. The van der Waals surface area contributed by atoms with Crippen molar-refractivity contribution in [1.29, 1.82) is 0 Å². The van der Waals surface area contributed by atoms with Crippen LogP contribution in [0.15, 0.2) is 73.2 Å². The van der Waals surface area contributed by atoms with E-state index in [9.17, 15) is 4.79 Å². The number of amides is 1. The molecule has 0 unspecified atom stereocenters. The molecule has 0 aliphatic carbocycles. The molecule has 4 nitrogen and oxygen atoms in total. The number of nitrogens with one attached hydrogen (secondary N) is 1. The van der Waals surface area contributed by atoms with Crippen LogP contribution in [0.5, 0.6) is 0 Å². The van der Waals surface area contributed by atoms with Gasteiger partial charge in [0.2, 0.25) is 5.91 Å². The molecule has 1 amide bonds. The Labute approximate surface area is 139 Å². The quantitative estimate of drug-likeness (QED) is 0.765. The van der Waals surface area contributed by atoms with Crippen molar-refractivity contribution in [3.63, 3.8) is 0 Å². The zero-order chi connectivity index (χ0) is 16.1. The molecular formula is C18H16ClN3O. The standard InChI is InChI=1S/C18H16ClN3O/c19-15-8-6-14(7-9-15)16(22-11-3-4-12-22)13-18(23)21-17-5-1-2-10-20-17/h1-12,16H,13H2,(H,20,21,23)/t16-/m1/s1. The Kier molecular flexibility index (Phi) is 4.74. The van der Waals surface area contributed by atoms with E-state index >= 15 is 0 Å². The molecule has 5 heteroatoms. The first-order chi connectivity index (χ1) is 11.2. The lowest BCUT2D eigenvalue weighted by Crippen LogP contribution is -2.20. The zero-order valence-corrected chi connectivity index (χ0v) is 13.1. The summed E-state index contributed by atoms with van der Waals surface area (Å²) in [5.74, 6) is 0.470. The third-order valence-corrected chi connectivity index (χ3v) is 3.81. The second-order valence-electron chi connectivity index (χ2n) is 5.16. The average Bonchev–Trinajstić information content (AvgIpc) is 3.09. The summed E-state index contributed by atoms with van der Waals surface area (Å²) >= 11 is 5.96. The molecule has 0 saturated carbocycles. The normalized spacial score (nSPS) is 11.9. The Morgan fingerprint density at radius 1 is 1.09 bits per heavy atom. The second kappa shape index (κ2) is 7.11. The maximum atomic E-state index is 12.4. The van der Waals surface area contributed by atoms with E-state index in [1.807, 2.05) is 65.5 Å². The van der Waals surface area contributed by atoms with E-state index in [2.05, 4.69) is 10.3 Å². The van der Waals surface area contributed by atoms with Crippen LogP contribution < -0.4 is 5.32 Å². The molecule has 3 rings (SSSR count). The summed E-state index contributed by atoms with van der Waals surface area (Å²) in [7, 11) is 0. The van der Waals surface area contributed by atoms with Crippen molar-refractivity contribution in [2.45, 2.75) is 12.5 Å². The van der Waals surface area contributed by atoms with E-state index in [0.29, 0.717) is 17.3 Å². The molecule has 0 spiro atoms. The van der Waals surface area contributed by atoms with Gasteiger partial charge in [-0.3, -0.25) is 4.79 Å². The van der Waals surface area contributed by atoms with Crippen LogP contribution >= 0.6 is 11.6 Å². The summed E-state index contributed by atoms with van der Waals surface area (Å²) in [4.78, 5) is 16.5. The number of halogens is 1. The fourth-order valence-electron chi connectivity index (χ4n) is 2.44. The molecule has 23 heavy (non-hydrogen) atoms. The van der Waals surface area contributed by atoms with Crippen LogP contribution in [0.1, 0.15) is 18.0 Å². The van der Waals surface area contributed by atoms with Gasteiger partial charge < -0.3 is 9.88 Å². The maximum Gasteiger partial charge on any atom is 0.227 e. The third kappa shape index (κ3) is 3.99. The highest BCUT2D eigenvalue weighted by molar-refractivity contribution is 6.30. The molecule has 2 aromatic heterocycles. The lowest BCUT2D eigenvalue weighted by molar-refractivity contribution is -0.116. The number of benzene rings is 1. The van der Waals surface area contributed by atoms with Gasteiger partial charge in [-0.05, 0) is 42.0 Å². The Morgan fingerprint density at radius 3 is 2.48 bits per heavy atom. The Bertz CT molecular complexity index is 755. The molecule has 0 aliphatic heterocycles. The Balaban J connectivity index is 1.79. The van der Waals surface area contributed by atoms with Gasteiger partial charge in [0, 0.05) is 23.6 Å². The predicted octanol–water partition coefficient (Wildman–Crippen LogP) is 4.15. The molecule has 1 aromatic carbocycles. The molecular weight excluding hydrogens is 310 g/mol. The molecule has 0 fully saturated rings. The molecule has 1 atom stereocenters. The minimum atomic E-state index is -0.0917. The van der Waals surface area contributed by atoms with Crippen LogP contribution in [-0.4, -0.2) is 15.5 Å². The van der Waals surface area contributed by atoms with Gasteiger partial charge in [0.1, 0.15) is 5.82 Å². The van der Waals surface area contributed by atoms with Crippen LogP contribution in [-0.2, 0) is 4.79 Å². The van der Waals surface area contributed by atoms with E-state index in [0.717, 1.165) is 5.56 Å². The number of hydrogen-bond acceptors (Lipinski definition) is 2. The van der Waals surface area contributed by atoms with Gasteiger partial charge in [-0.1, -0.05) is 29.8 Å². The van der Waals surface area contributed by atoms with E-state index in [1.165, 1.54) is 0 Å². The molecule has 0 bridgehead atoms. The zero-order valence-electron chi connectivity index (χ0n) is 12.4. The lowest BCUT2D eigenvalue weighted by atomic mass is 10.0. The lowest BCUT2D eigenvalue weighted by Gasteiger charge is -2.19. The van der Waals surface area contributed by atoms with Gasteiger partial charge in [-0.2, -0.15) is 0 Å². The van der Waals surface area contributed by atoms with Crippen LogP contribution in [0.4, 0.5) is 5.82 Å². The van der Waals surface area contributed by atoms with Crippen molar-refractivity contribution in [2.24, 2.45) is 0 Å². The van der Waals surface area contributed by atoms with Crippen molar-refractivity contribution in [3.05, 3.63) is 83.8 Å². The molecule has 0 aliphatic rings. The van der Waals surface area contributed by atoms with Crippen LogP contribution in [0.3, 0.4) is 0 Å². The number of aromatic nitrogens is 2. The summed E-state index contributed by atoms with van der Waals surface area (Å²) < 4.78 is 2.02. The summed E-state index contributed by atoms with van der Waals surface area (Å²) in [6.45, 7) is 0. The smallest absolute Gasteiger partial charge is 0.227 e. The fourth-order valence-corrected chi connectivity index (χ4v) is 2.57. The number of nitrogens with zero attached hydrogens (tertiary/aromatic N) is 2. The average molecular weight is 326 g/mol. The molecule has 2 heterocycles. The topological polar surface area (TPSA) is 46.9 Å². The van der Waals surface area contributed by atoms with Gasteiger partial charge in [0.15, 0.2) is 0 Å². The van der Waals surface area contributed by atoms with E-state index in [4.69, 9.17) is 11.6 Å². The van der Waals surface area contributed by atoms with E-state index in [-0.39, 0.29) is 11.9 Å². The number of rotatable bonds is 5. The summed E-state index contributed by atoms with van der Waals surface area (Å²) in [6, 6.07) is 16.8. The van der Waals surface area contributed by atoms with Crippen molar-refractivity contribution >= 4 is 23.3 Å². The highest BCUT2D eigenvalue weighted by Crippen LogP contribution is 2.24. The van der Waals surface area contributed by atoms with E-state index < -0.39 is 0 Å². The van der Waals surface area contributed by atoms with Crippen molar-refractivity contribution in [2.75, 3.05) is 5.32 Å². The first-order valence-electron chi connectivity index (χ1n) is 7.31. The van der Waals surface area contributed by atoms with Gasteiger partial charge >= 0.3 is 0 Å². The number of anilines is 1. The molecule has 0 radical (unpaired) electrons. The summed E-state index contributed by atoms with van der Waals surface area (Å²) in [6.07, 6.45) is 5.87. The van der Waals surface area contributed by atoms with Crippen molar-refractivity contribution < 1.29 is 4.79 Å². The van der Waals surface area contributed by atoms with E-state index in [1.54, 1.807) is 12.3 Å². The highest BCUT2D eigenvalue weighted by Gasteiger charge is 2.17. The minimum Gasteiger partial charge on any atom is -0.346 e. The second-order valence-corrected chi connectivity index (χ2v) is 5.60. The number of carbonyl (C=O) groups excluding carboxylic acids is 1. The van der Waals surface area contributed by atoms with Crippen LogP contribution in [0.25, 0.3) is 0 Å². The monoisotopic (exact) mass is 325 g/mol. The predicted molar refractivity (Wildman–Crippen MR) is 91.5 cm³/mol. The summed E-state index contributed by atoms with van der Waals surface area (Å²) in [5.41, 5.74) is 1.03. The Morgan fingerprint density at radius 2 is 1.83 bits per heavy atom. The van der Waals surface area contributed by atoms with Crippen molar-refractivity contribution in [1.82, 2.24) is 9.55 Å². The molecule has 3 aromatic rings. The highest BCUT2D eigenvalue weighted by atomic mass is 35.5. The first kappa shape index (κ1) is 15.3.